The van der Waals surface area contributed by atoms with Crippen molar-refractivity contribution in [1.82, 2.24) is 9.97 Å². The highest BCUT2D eigenvalue weighted by molar-refractivity contribution is 6.09. The van der Waals surface area contributed by atoms with Gasteiger partial charge in [-0.05, 0) is 67.6 Å². The lowest BCUT2D eigenvalue weighted by atomic mass is 9.92. The van der Waals surface area contributed by atoms with Crippen LogP contribution in [0.1, 0.15) is 44.9 Å². The molecule has 7 nitrogen and oxygen atoms in total. The van der Waals surface area contributed by atoms with Crippen molar-refractivity contribution in [2.75, 3.05) is 29.9 Å². The van der Waals surface area contributed by atoms with Crippen LogP contribution in [-0.2, 0) is 11.3 Å². The number of piperidine rings is 1. The minimum Gasteiger partial charge on any atom is -0.375 e. The molecule has 192 valence electrons. The molecule has 1 aromatic carbocycles. The number of halogens is 1. The summed E-state index contributed by atoms with van der Waals surface area (Å²) in [6.45, 7) is 8.35. The molecule has 1 aliphatic rings. The predicted molar refractivity (Wildman–Crippen MR) is 145 cm³/mol. The SMILES string of the molecule is CCOCc1cc(-c2ccc(N3CCC(C#N)CC3)nc2)c(C(=N)C(C)C)c(Nc2cccc(F)c2)n1. The number of nitrogens with zero attached hydrogens (tertiary/aromatic N) is 4. The van der Waals surface area contributed by atoms with Gasteiger partial charge in [0.15, 0.2) is 0 Å². The van der Waals surface area contributed by atoms with Crippen LogP contribution < -0.4 is 10.2 Å². The molecule has 0 radical (unpaired) electrons. The summed E-state index contributed by atoms with van der Waals surface area (Å²) in [4.78, 5) is 11.7. The molecule has 2 N–H and O–H groups in total. The summed E-state index contributed by atoms with van der Waals surface area (Å²) in [5, 5.41) is 21.4. The van der Waals surface area contributed by atoms with Gasteiger partial charge in [-0.1, -0.05) is 19.9 Å². The molecule has 0 spiro atoms. The Bertz CT molecular complexity index is 1280. The molecule has 1 aliphatic heterocycles. The minimum atomic E-state index is -0.352. The maximum absolute atomic E-state index is 13.9. The molecular formula is C29H33FN6O. The van der Waals surface area contributed by atoms with Crippen molar-refractivity contribution in [3.05, 3.63) is 65.7 Å². The van der Waals surface area contributed by atoms with Crippen molar-refractivity contribution >= 4 is 23.0 Å². The zero-order valence-corrected chi connectivity index (χ0v) is 21.6. The van der Waals surface area contributed by atoms with Crippen LogP contribution >= 0.6 is 0 Å². The van der Waals surface area contributed by atoms with Crippen LogP contribution in [0.2, 0.25) is 0 Å². The second kappa shape index (κ2) is 11.9. The van der Waals surface area contributed by atoms with E-state index in [4.69, 9.17) is 20.1 Å². The van der Waals surface area contributed by atoms with Crippen molar-refractivity contribution < 1.29 is 9.13 Å². The molecule has 0 aliphatic carbocycles. The smallest absolute Gasteiger partial charge is 0.140 e. The Morgan fingerprint density at radius 1 is 1.24 bits per heavy atom. The molecule has 1 fully saturated rings. The normalized spacial score (nSPS) is 14.0. The topological polar surface area (TPSA) is 97.9 Å². The van der Waals surface area contributed by atoms with E-state index in [2.05, 4.69) is 16.3 Å². The summed E-state index contributed by atoms with van der Waals surface area (Å²) in [6, 6.07) is 14.5. The van der Waals surface area contributed by atoms with Crippen LogP contribution in [0.4, 0.5) is 21.7 Å². The number of nitrogens with one attached hydrogen (secondary N) is 2. The molecule has 8 heteroatoms. The van der Waals surface area contributed by atoms with E-state index in [1.54, 1.807) is 12.1 Å². The monoisotopic (exact) mass is 500 g/mol. The molecule has 1 saturated heterocycles. The van der Waals surface area contributed by atoms with Crippen LogP contribution in [0.15, 0.2) is 48.7 Å². The summed E-state index contributed by atoms with van der Waals surface area (Å²) in [5.74, 6) is 1.07. The number of aromatic nitrogens is 2. The van der Waals surface area contributed by atoms with Crippen LogP contribution in [-0.4, -0.2) is 35.4 Å². The molecular weight excluding hydrogens is 467 g/mol. The number of benzene rings is 1. The molecule has 0 saturated carbocycles. The maximum Gasteiger partial charge on any atom is 0.140 e. The fourth-order valence-corrected chi connectivity index (χ4v) is 4.43. The van der Waals surface area contributed by atoms with E-state index in [1.165, 1.54) is 12.1 Å². The molecule has 0 amide bonds. The van der Waals surface area contributed by atoms with E-state index in [9.17, 15) is 9.65 Å². The minimum absolute atomic E-state index is 0.0555. The summed E-state index contributed by atoms with van der Waals surface area (Å²) in [5.41, 5.74) is 4.02. The van der Waals surface area contributed by atoms with Crippen molar-refractivity contribution in [3.63, 3.8) is 0 Å². The quantitative estimate of drug-likeness (QED) is 0.333. The number of rotatable bonds is 9. The Labute approximate surface area is 217 Å². The fraction of sp³-hybridized carbons (Fsp3) is 0.379. The lowest BCUT2D eigenvalue weighted by molar-refractivity contribution is 0.131. The van der Waals surface area contributed by atoms with E-state index in [0.29, 0.717) is 41.7 Å². The van der Waals surface area contributed by atoms with Gasteiger partial charge in [-0.15, -0.1) is 0 Å². The largest absolute Gasteiger partial charge is 0.375 e. The highest BCUT2D eigenvalue weighted by Gasteiger charge is 2.23. The Hall–Kier alpha value is -3.83. The van der Waals surface area contributed by atoms with Crippen LogP contribution in [0.3, 0.4) is 0 Å². The van der Waals surface area contributed by atoms with Crippen molar-refractivity contribution in [2.45, 2.75) is 40.2 Å². The molecule has 0 bridgehead atoms. The van der Waals surface area contributed by atoms with Gasteiger partial charge >= 0.3 is 0 Å². The lowest BCUT2D eigenvalue weighted by Gasteiger charge is -2.30. The summed E-state index contributed by atoms with van der Waals surface area (Å²) in [7, 11) is 0. The predicted octanol–water partition coefficient (Wildman–Crippen LogP) is 6.33. The molecule has 3 aromatic rings. The van der Waals surface area contributed by atoms with Gasteiger partial charge in [0.05, 0.1) is 18.4 Å². The van der Waals surface area contributed by atoms with Crippen LogP contribution in [0.25, 0.3) is 11.1 Å². The Morgan fingerprint density at radius 2 is 2.03 bits per heavy atom. The van der Waals surface area contributed by atoms with Gasteiger partial charge in [0.25, 0.3) is 0 Å². The van der Waals surface area contributed by atoms with Gasteiger partial charge in [-0.25, -0.2) is 14.4 Å². The summed E-state index contributed by atoms with van der Waals surface area (Å²) < 4.78 is 19.6. The third kappa shape index (κ3) is 6.30. The number of pyridine rings is 2. The maximum atomic E-state index is 13.9. The highest BCUT2D eigenvalue weighted by atomic mass is 19.1. The second-order valence-electron chi connectivity index (χ2n) is 9.52. The van der Waals surface area contributed by atoms with E-state index in [1.807, 2.05) is 45.2 Å². The van der Waals surface area contributed by atoms with E-state index >= 15 is 0 Å². The summed E-state index contributed by atoms with van der Waals surface area (Å²) >= 11 is 0. The standard InChI is InChI=1S/C29H33FN6O/c1-4-37-18-24-15-25(21-8-9-26(33-17-21)36-12-10-20(16-31)11-13-36)27(28(32)19(2)3)29(35-24)34-23-7-5-6-22(30)14-23/h5-9,14-15,17,19-20,32H,4,10-13,18H2,1-3H3,(H,34,35). The van der Waals surface area contributed by atoms with Gasteiger partial charge in [0, 0.05) is 54.3 Å². The van der Waals surface area contributed by atoms with Gasteiger partial charge in [-0.2, -0.15) is 5.26 Å². The Kier molecular flexibility index (Phi) is 8.47. The molecule has 37 heavy (non-hydrogen) atoms. The molecule has 0 unspecified atom stereocenters. The first-order chi connectivity index (χ1) is 17.9. The van der Waals surface area contributed by atoms with Gasteiger partial charge in [0.2, 0.25) is 0 Å². The van der Waals surface area contributed by atoms with E-state index < -0.39 is 0 Å². The van der Waals surface area contributed by atoms with E-state index in [-0.39, 0.29) is 17.7 Å². The number of anilines is 3. The first-order valence-electron chi connectivity index (χ1n) is 12.7. The number of nitriles is 1. The Balaban J connectivity index is 1.76. The van der Waals surface area contributed by atoms with Crippen LogP contribution in [0.5, 0.6) is 0 Å². The molecule has 2 aromatic heterocycles. The average molecular weight is 501 g/mol. The number of hydrogen-bond acceptors (Lipinski definition) is 7. The first-order valence-corrected chi connectivity index (χ1v) is 12.7. The zero-order valence-electron chi connectivity index (χ0n) is 21.6. The molecule has 4 rings (SSSR count). The molecule has 0 atom stereocenters. The van der Waals surface area contributed by atoms with Crippen molar-refractivity contribution in [1.29, 1.82) is 10.7 Å². The summed E-state index contributed by atoms with van der Waals surface area (Å²) in [6.07, 6.45) is 3.51. The van der Waals surface area contributed by atoms with Crippen LogP contribution in [0, 0.1) is 34.4 Å². The Morgan fingerprint density at radius 3 is 2.65 bits per heavy atom. The second-order valence-corrected chi connectivity index (χ2v) is 9.52. The molecule has 3 heterocycles. The van der Waals surface area contributed by atoms with Crippen molar-refractivity contribution in [2.24, 2.45) is 11.8 Å². The first kappa shape index (κ1) is 26.2. The fourth-order valence-electron chi connectivity index (χ4n) is 4.43. The number of hydrogen-bond donors (Lipinski definition) is 2. The number of ether oxygens (including phenoxy) is 1. The highest BCUT2D eigenvalue weighted by Crippen LogP contribution is 2.34. The average Bonchev–Trinajstić information content (AvgIpc) is 2.91. The van der Waals surface area contributed by atoms with Gasteiger partial charge in [0.1, 0.15) is 17.5 Å². The lowest BCUT2D eigenvalue weighted by Crippen LogP contribution is -2.33. The van der Waals surface area contributed by atoms with Gasteiger partial charge in [-0.3, -0.25) is 0 Å². The van der Waals surface area contributed by atoms with E-state index in [0.717, 1.165) is 42.9 Å². The van der Waals surface area contributed by atoms with Crippen molar-refractivity contribution in [3.8, 4) is 17.2 Å². The third-order valence-corrected chi connectivity index (χ3v) is 6.52. The zero-order chi connectivity index (χ0) is 26.4. The third-order valence-electron chi connectivity index (χ3n) is 6.52. The van der Waals surface area contributed by atoms with Gasteiger partial charge < -0.3 is 20.4 Å².